The van der Waals surface area contributed by atoms with Crippen LogP contribution in [-0.2, 0) is 0 Å². The van der Waals surface area contributed by atoms with Crippen molar-refractivity contribution in [1.82, 2.24) is 19.9 Å². The largest absolute Gasteiger partial charge is 0.389 e. The summed E-state index contributed by atoms with van der Waals surface area (Å²) in [7, 11) is 0. The molecule has 0 amide bonds. The summed E-state index contributed by atoms with van der Waals surface area (Å²) in [5.74, 6) is -0.431. The Bertz CT molecular complexity index is 759. The van der Waals surface area contributed by atoms with Crippen LogP contribution < -0.4 is 0 Å². The monoisotopic (exact) mass is 290 g/mol. The molecule has 1 atom stereocenters. The first kappa shape index (κ1) is 13.0. The summed E-state index contributed by atoms with van der Waals surface area (Å²) in [4.78, 5) is 15.8. The van der Waals surface area contributed by atoms with E-state index in [4.69, 9.17) is 0 Å². The molecule has 2 aromatic heterocycles. The molecule has 0 saturated carbocycles. The minimum Gasteiger partial charge on any atom is -0.389 e. The maximum atomic E-state index is 13.8. The third kappa shape index (κ3) is 2.25. The molecule has 0 aliphatic heterocycles. The first-order valence-corrected chi connectivity index (χ1v) is 6.77. The fourth-order valence-corrected chi connectivity index (χ4v) is 3.02. The molecule has 3 rings (SSSR count). The number of nitrogens with one attached hydrogen (secondary N) is 1. The van der Waals surface area contributed by atoms with Gasteiger partial charge in [-0.15, -0.1) is 0 Å². The molecule has 2 heterocycles. The Kier molecular flexibility index (Phi) is 3.37. The Balaban J connectivity index is 2.08. The highest BCUT2D eigenvalue weighted by Gasteiger charge is 2.16. The van der Waals surface area contributed by atoms with E-state index in [2.05, 4.69) is 19.9 Å². The van der Waals surface area contributed by atoms with E-state index in [-0.39, 0.29) is 5.56 Å². The summed E-state index contributed by atoms with van der Waals surface area (Å²) in [6, 6.07) is 4.69. The molecule has 0 spiro atoms. The lowest BCUT2D eigenvalue weighted by Gasteiger charge is -2.12. The van der Waals surface area contributed by atoms with E-state index in [1.807, 2.05) is 0 Å². The summed E-state index contributed by atoms with van der Waals surface area (Å²) in [6.45, 7) is 1.54. The number of benzene rings is 1. The van der Waals surface area contributed by atoms with Gasteiger partial charge in [-0.25, -0.2) is 19.3 Å². The molecule has 5 nitrogen and oxygen atoms in total. The van der Waals surface area contributed by atoms with Gasteiger partial charge >= 0.3 is 0 Å². The third-order valence-corrected chi connectivity index (χ3v) is 3.90. The van der Waals surface area contributed by atoms with Crippen molar-refractivity contribution in [1.29, 1.82) is 0 Å². The number of aromatic amines is 1. The maximum absolute atomic E-state index is 13.8. The van der Waals surface area contributed by atoms with Gasteiger partial charge in [0.25, 0.3) is 0 Å². The molecule has 0 radical (unpaired) electrons. The Morgan fingerprint density at radius 3 is 2.95 bits per heavy atom. The number of H-pyrrole nitrogens is 1. The first-order chi connectivity index (χ1) is 9.66. The number of aliphatic hydroxyl groups excluding tert-OH is 1. The van der Waals surface area contributed by atoms with Crippen LogP contribution in [0.25, 0.3) is 11.2 Å². The number of nitrogens with zero attached hydrogens (tertiary/aromatic N) is 3. The zero-order valence-electron chi connectivity index (χ0n) is 10.5. The fourth-order valence-electron chi connectivity index (χ4n) is 1.94. The quantitative estimate of drug-likeness (QED) is 0.725. The molecule has 0 fully saturated rings. The van der Waals surface area contributed by atoms with E-state index in [0.29, 0.717) is 21.1 Å². The summed E-state index contributed by atoms with van der Waals surface area (Å²) >= 11 is 1.27. The van der Waals surface area contributed by atoms with E-state index in [1.54, 1.807) is 12.1 Å². The number of aliphatic hydroxyl groups is 1. The molecule has 102 valence electrons. The molecule has 0 saturated heterocycles. The number of rotatable bonds is 3. The molecular weight excluding hydrogens is 279 g/mol. The minimum atomic E-state index is -0.891. The Hall–Kier alpha value is -1.99. The second-order valence-corrected chi connectivity index (χ2v) is 5.24. The molecule has 3 aromatic rings. The van der Waals surface area contributed by atoms with Crippen LogP contribution in [0.3, 0.4) is 0 Å². The Morgan fingerprint density at radius 1 is 1.30 bits per heavy atom. The van der Waals surface area contributed by atoms with Gasteiger partial charge in [-0.3, -0.25) is 0 Å². The molecular formula is C13H11FN4OS. The van der Waals surface area contributed by atoms with Crippen molar-refractivity contribution in [2.24, 2.45) is 0 Å². The predicted molar refractivity (Wildman–Crippen MR) is 72.8 cm³/mol. The molecule has 0 aliphatic carbocycles. The highest BCUT2D eigenvalue weighted by molar-refractivity contribution is 7.99. The van der Waals surface area contributed by atoms with Crippen molar-refractivity contribution >= 4 is 22.9 Å². The van der Waals surface area contributed by atoms with Gasteiger partial charge in [0.15, 0.2) is 5.65 Å². The lowest BCUT2D eigenvalue weighted by Crippen LogP contribution is -1.99. The number of hydrogen-bond acceptors (Lipinski definition) is 5. The van der Waals surface area contributed by atoms with E-state index < -0.39 is 11.9 Å². The van der Waals surface area contributed by atoms with Crippen LogP contribution in [0.2, 0.25) is 0 Å². The molecule has 0 aliphatic rings. The van der Waals surface area contributed by atoms with E-state index in [9.17, 15) is 9.50 Å². The zero-order chi connectivity index (χ0) is 14.1. The normalized spacial score (nSPS) is 12.8. The van der Waals surface area contributed by atoms with Gasteiger partial charge in [-0.05, 0) is 19.1 Å². The minimum absolute atomic E-state index is 0.267. The third-order valence-electron chi connectivity index (χ3n) is 2.83. The van der Waals surface area contributed by atoms with Gasteiger partial charge in [-0.1, -0.05) is 17.8 Å². The molecule has 0 bridgehead atoms. The van der Waals surface area contributed by atoms with Crippen molar-refractivity contribution in [2.45, 2.75) is 22.9 Å². The highest BCUT2D eigenvalue weighted by atomic mass is 32.2. The summed E-state index contributed by atoms with van der Waals surface area (Å²) < 4.78 is 13.8. The number of imidazole rings is 1. The van der Waals surface area contributed by atoms with Crippen molar-refractivity contribution < 1.29 is 9.50 Å². The Labute approximate surface area is 118 Å². The van der Waals surface area contributed by atoms with E-state index >= 15 is 0 Å². The predicted octanol–water partition coefficient (Wildman–Crippen LogP) is 2.70. The molecule has 1 aromatic carbocycles. The van der Waals surface area contributed by atoms with Crippen molar-refractivity contribution in [3.63, 3.8) is 0 Å². The SMILES string of the molecule is C[C@H](O)c1c(F)cccc1Sc1ncnc2nc[nH]c12. The van der Waals surface area contributed by atoms with Gasteiger partial charge in [0.05, 0.1) is 12.4 Å². The molecule has 0 unspecified atom stereocenters. The number of fused-ring (bicyclic) bond motifs is 1. The molecule has 2 N–H and O–H groups in total. The van der Waals surface area contributed by atoms with Crippen LogP contribution in [-0.4, -0.2) is 25.0 Å². The van der Waals surface area contributed by atoms with Gasteiger partial charge in [0.1, 0.15) is 22.7 Å². The number of hydrogen-bond donors (Lipinski definition) is 2. The lowest BCUT2D eigenvalue weighted by molar-refractivity contribution is 0.191. The number of halogens is 1. The average Bonchev–Trinajstić information content (AvgIpc) is 2.87. The van der Waals surface area contributed by atoms with Gasteiger partial charge < -0.3 is 10.1 Å². The topological polar surface area (TPSA) is 74.7 Å². The maximum Gasteiger partial charge on any atom is 0.181 e. The van der Waals surface area contributed by atoms with E-state index in [0.717, 1.165) is 0 Å². The van der Waals surface area contributed by atoms with E-state index in [1.165, 1.54) is 37.4 Å². The standard InChI is InChI=1S/C13H11FN4OS/c1-7(19)10-8(14)3-2-4-9(10)20-13-11-12(16-5-15-11)17-6-18-13/h2-7,19H,1H3,(H,15,16,17,18)/t7-/m0/s1. The second-order valence-electron chi connectivity index (χ2n) is 4.21. The molecule has 7 heteroatoms. The Morgan fingerprint density at radius 2 is 2.15 bits per heavy atom. The van der Waals surface area contributed by atoms with Crippen LogP contribution in [0.5, 0.6) is 0 Å². The highest BCUT2D eigenvalue weighted by Crippen LogP contribution is 2.35. The lowest BCUT2D eigenvalue weighted by atomic mass is 10.1. The van der Waals surface area contributed by atoms with Crippen LogP contribution in [0.1, 0.15) is 18.6 Å². The van der Waals surface area contributed by atoms with Crippen LogP contribution >= 0.6 is 11.8 Å². The van der Waals surface area contributed by atoms with Gasteiger partial charge in [-0.2, -0.15) is 0 Å². The molecule has 20 heavy (non-hydrogen) atoms. The zero-order valence-corrected chi connectivity index (χ0v) is 11.4. The average molecular weight is 290 g/mol. The summed E-state index contributed by atoms with van der Waals surface area (Å²) in [6.07, 6.45) is 2.05. The van der Waals surface area contributed by atoms with Crippen LogP contribution in [0.15, 0.2) is 40.8 Å². The summed E-state index contributed by atoms with van der Waals surface area (Å²) in [5, 5.41) is 10.4. The smallest absolute Gasteiger partial charge is 0.181 e. The first-order valence-electron chi connectivity index (χ1n) is 5.95. The van der Waals surface area contributed by atoms with Crippen molar-refractivity contribution in [3.05, 3.63) is 42.2 Å². The van der Waals surface area contributed by atoms with Crippen LogP contribution in [0.4, 0.5) is 4.39 Å². The number of aromatic nitrogens is 4. The van der Waals surface area contributed by atoms with Crippen molar-refractivity contribution in [3.8, 4) is 0 Å². The van der Waals surface area contributed by atoms with Gasteiger partial charge in [0.2, 0.25) is 0 Å². The summed E-state index contributed by atoms with van der Waals surface area (Å²) in [5.41, 5.74) is 1.51. The second kappa shape index (κ2) is 5.18. The fraction of sp³-hybridized carbons (Fsp3) is 0.154. The van der Waals surface area contributed by atoms with Gasteiger partial charge in [0, 0.05) is 10.5 Å². The van der Waals surface area contributed by atoms with Crippen molar-refractivity contribution in [2.75, 3.05) is 0 Å². The van der Waals surface area contributed by atoms with Crippen LogP contribution in [0, 0.1) is 5.82 Å².